The van der Waals surface area contributed by atoms with Gasteiger partial charge >= 0.3 is 6.09 Å². The SMILES string of the molecule is CCCCCN(C(=O)C(CC(C)C)NC(=O)OC(C)(C)C)C(C(=O)NC(C)CCC)c1ccc(CC)cc1. The molecule has 0 fully saturated rings. The lowest BCUT2D eigenvalue weighted by atomic mass is 9.97. The van der Waals surface area contributed by atoms with Gasteiger partial charge in [-0.15, -0.1) is 0 Å². The Hall–Kier alpha value is -2.57. The molecule has 0 aromatic heterocycles. The van der Waals surface area contributed by atoms with Crippen molar-refractivity contribution in [3.8, 4) is 0 Å². The van der Waals surface area contributed by atoms with Crippen LogP contribution in [-0.4, -0.2) is 47.0 Å². The molecule has 0 aliphatic carbocycles. The lowest BCUT2D eigenvalue weighted by molar-refractivity contribution is -0.143. The van der Waals surface area contributed by atoms with Gasteiger partial charge in [-0.05, 0) is 70.4 Å². The summed E-state index contributed by atoms with van der Waals surface area (Å²) in [6, 6.07) is 6.33. The lowest BCUT2D eigenvalue weighted by Crippen LogP contribution is -2.54. The molecule has 0 aliphatic rings. The molecule has 38 heavy (non-hydrogen) atoms. The summed E-state index contributed by atoms with van der Waals surface area (Å²) in [4.78, 5) is 42.4. The van der Waals surface area contributed by atoms with Crippen molar-refractivity contribution in [1.29, 1.82) is 0 Å². The number of carbonyl (C=O) groups is 3. The van der Waals surface area contributed by atoms with E-state index in [1.54, 1.807) is 25.7 Å². The quantitative estimate of drug-likeness (QED) is 0.251. The minimum absolute atomic E-state index is 0.0103. The van der Waals surface area contributed by atoms with E-state index in [4.69, 9.17) is 4.74 Å². The van der Waals surface area contributed by atoms with Crippen molar-refractivity contribution in [2.75, 3.05) is 6.54 Å². The van der Waals surface area contributed by atoms with Gasteiger partial charge in [0, 0.05) is 12.6 Å². The Kier molecular flexibility index (Phi) is 14.4. The first-order valence-electron chi connectivity index (χ1n) is 14.5. The van der Waals surface area contributed by atoms with E-state index >= 15 is 0 Å². The summed E-state index contributed by atoms with van der Waals surface area (Å²) in [7, 11) is 0. The number of amides is 3. The molecule has 0 radical (unpaired) electrons. The molecule has 3 amide bonds. The van der Waals surface area contributed by atoms with E-state index in [0.717, 1.165) is 44.1 Å². The van der Waals surface area contributed by atoms with Gasteiger partial charge in [-0.3, -0.25) is 9.59 Å². The van der Waals surface area contributed by atoms with Gasteiger partial charge in [0.05, 0.1) is 0 Å². The van der Waals surface area contributed by atoms with Crippen molar-refractivity contribution in [3.05, 3.63) is 35.4 Å². The minimum Gasteiger partial charge on any atom is -0.444 e. The average Bonchev–Trinajstić information content (AvgIpc) is 2.81. The molecule has 2 N–H and O–H groups in total. The highest BCUT2D eigenvalue weighted by atomic mass is 16.6. The van der Waals surface area contributed by atoms with Crippen LogP contribution >= 0.6 is 0 Å². The van der Waals surface area contributed by atoms with E-state index in [0.29, 0.717) is 13.0 Å². The van der Waals surface area contributed by atoms with E-state index in [9.17, 15) is 14.4 Å². The predicted molar refractivity (Wildman–Crippen MR) is 155 cm³/mol. The number of alkyl carbamates (subject to hydrolysis) is 1. The topological polar surface area (TPSA) is 87.7 Å². The molecular formula is C31H53N3O4. The number of ether oxygens (including phenoxy) is 1. The number of unbranched alkanes of at least 4 members (excludes halogenated alkanes) is 2. The van der Waals surface area contributed by atoms with E-state index in [1.807, 2.05) is 45.0 Å². The van der Waals surface area contributed by atoms with Crippen LogP contribution in [0.5, 0.6) is 0 Å². The van der Waals surface area contributed by atoms with E-state index in [2.05, 4.69) is 31.4 Å². The molecule has 1 aromatic rings. The fourth-order valence-electron chi connectivity index (χ4n) is 4.48. The number of hydrogen-bond donors (Lipinski definition) is 2. The molecule has 1 aromatic carbocycles. The second-order valence-electron chi connectivity index (χ2n) is 11.8. The molecule has 0 spiro atoms. The van der Waals surface area contributed by atoms with Crippen LogP contribution in [0.25, 0.3) is 0 Å². The lowest BCUT2D eigenvalue weighted by Gasteiger charge is -2.35. The molecule has 7 nitrogen and oxygen atoms in total. The molecule has 3 atom stereocenters. The van der Waals surface area contributed by atoms with Crippen molar-refractivity contribution >= 4 is 17.9 Å². The number of rotatable bonds is 15. The minimum atomic E-state index is -0.801. The normalized spacial score (nSPS) is 13.9. The van der Waals surface area contributed by atoms with Crippen molar-refractivity contribution < 1.29 is 19.1 Å². The summed E-state index contributed by atoms with van der Waals surface area (Å²) in [6.45, 7) is 18.1. The summed E-state index contributed by atoms with van der Waals surface area (Å²) in [5.41, 5.74) is 1.25. The Morgan fingerprint density at radius 1 is 0.921 bits per heavy atom. The predicted octanol–water partition coefficient (Wildman–Crippen LogP) is 6.55. The number of nitrogens with one attached hydrogen (secondary N) is 2. The van der Waals surface area contributed by atoms with Gasteiger partial charge < -0.3 is 20.3 Å². The monoisotopic (exact) mass is 531 g/mol. The van der Waals surface area contributed by atoms with Crippen LogP contribution in [0.2, 0.25) is 0 Å². The number of nitrogens with zero attached hydrogens (tertiary/aromatic N) is 1. The molecule has 3 unspecified atom stereocenters. The van der Waals surface area contributed by atoms with Gasteiger partial charge in [0.25, 0.3) is 0 Å². The number of hydrogen-bond acceptors (Lipinski definition) is 4. The van der Waals surface area contributed by atoms with Crippen molar-refractivity contribution in [1.82, 2.24) is 15.5 Å². The first kappa shape index (κ1) is 33.5. The fraction of sp³-hybridized carbons (Fsp3) is 0.710. The highest BCUT2D eigenvalue weighted by Gasteiger charge is 2.36. The smallest absolute Gasteiger partial charge is 0.408 e. The third kappa shape index (κ3) is 11.9. The van der Waals surface area contributed by atoms with Crippen LogP contribution in [0.3, 0.4) is 0 Å². The van der Waals surface area contributed by atoms with E-state index < -0.39 is 23.8 Å². The van der Waals surface area contributed by atoms with Gasteiger partial charge in [-0.1, -0.05) is 78.1 Å². The second-order valence-corrected chi connectivity index (χ2v) is 11.8. The zero-order valence-corrected chi connectivity index (χ0v) is 25.4. The second kappa shape index (κ2) is 16.4. The zero-order valence-electron chi connectivity index (χ0n) is 25.4. The maximum atomic E-state index is 14.2. The van der Waals surface area contributed by atoms with Crippen LogP contribution in [0.1, 0.15) is 118 Å². The highest BCUT2D eigenvalue weighted by Crippen LogP contribution is 2.26. The van der Waals surface area contributed by atoms with Crippen molar-refractivity contribution in [3.63, 3.8) is 0 Å². The average molecular weight is 532 g/mol. The van der Waals surface area contributed by atoms with Gasteiger partial charge in [0.15, 0.2) is 0 Å². The summed E-state index contributed by atoms with van der Waals surface area (Å²) in [5.74, 6) is -0.304. The van der Waals surface area contributed by atoms with Gasteiger partial charge in [-0.25, -0.2) is 4.79 Å². The fourth-order valence-corrected chi connectivity index (χ4v) is 4.48. The first-order chi connectivity index (χ1) is 17.8. The summed E-state index contributed by atoms with van der Waals surface area (Å²) in [5, 5.41) is 5.96. The van der Waals surface area contributed by atoms with Crippen LogP contribution in [0, 0.1) is 5.92 Å². The maximum absolute atomic E-state index is 14.2. The summed E-state index contributed by atoms with van der Waals surface area (Å²) >= 11 is 0. The van der Waals surface area contributed by atoms with Crippen LogP contribution in [-0.2, 0) is 20.7 Å². The molecule has 0 saturated heterocycles. The maximum Gasteiger partial charge on any atom is 0.408 e. The molecule has 1 rings (SSSR count). The first-order valence-corrected chi connectivity index (χ1v) is 14.5. The number of carbonyl (C=O) groups excluding carboxylic acids is 3. The van der Waals surface area contributed by atoms with Crippen LogP contribution in [0.4, 0.5) is 4.79 Å². The summed E-state index contributed by atoms with van der Waals surface area (Å²) in [6.07, 6.45) is 5.20. The third-order valence-corrected chi connectivity index (χ3v) is 6.36. The Balaban J connectivity index is 3.50. The number of aryl methyl sites for hydroxylation is 1. The van der Waals surface area contributed by atoms with Crippen molar-refractivity contribution in [2.24, 2.45) is 5.92 Å². The molecular weight excluding hydrogens is 478 g/mol. The Morgan fingerprint density at radius 3 is 2.05 bits per heavy atom. The zero-order chi connectivity index (χ0) is 28.9. The van der Waals surface area contributed by atoms with Crippen LogP contribution < -0.4 is 10.6 Å². The Morgan fingerprint density at radius 2 is 1.55 bits per heavy atom. The van der Waals surface area contributed by atoms with Gasteiger partial charge in [0.2, 0.25) is 11.8 Å². The van der Waals surface area contributed by atoms with E-state index in [-0.39, 0.29) is 23.8 Å². The standard InChI is InChI=1S/C31H53N3O4/c1-10-13-14-20-34(29(36)26(21-22(4)5)33-30(37)38-31(7,8)9)27(28(35)32-23(6)15-11-2)25-18-16-24(12-3)17-19-25/h16-19,22-23,26-27H,10-15,20-21H2,1-9H3,(H,32,35)(H,33,37). The van der Waals surface area contributed by atoms with Crippen LogP contribution in [0.15, 0.2) is 24.3 Å². The molecule has 7 heteroatoms. The largest absolute Gasteiger partial charge is 0.444 e. The van der Waals surface area contributed by atoms with E-state index in [1.165, 1.54) is 5.56 Å². The van der Waals surface area contributed by atoms with Gasteiger partial charge in [0.1, 0.15) is 17.7 Å². The summed E-state index contributed by atoms with van der Waals surface area (Å²) < 4.78 is 5.48. The molecule has 0 saturated carbocycles. The molecule has 0 heterocycles. The third-order valence-electron chi connectivity index (χ3n) is 6.36. The van der Waals surface area contributed by atoms with Gasteiger partial charge in [-0.2, -0.15) is 0 Å². The number of benzene rings is 1. The molecule has 0 bridgehead atoms. The van der Waals surface area contributed by atoms with Crippen molar-refractivity contribution in [2.45, 2.75) is 131 Å². The Labute approximate surface area is 231 Å². The highest BCUT2D eigenvalue weighted by molar-refractivity contribution is 5.92. The molecule has 0 aliphatic heterocycles. The molecule has 216 valence electrons. The Bertz CT molecular complexity index is 861.